The van der Waals surface area contributed by atoms with E-state index in [0.29, 0.717) is 41.0 Å². The minimum Gasteiger partial charge on any atom is -0.467 e. The van der Waals surface area contributed by atoms with Gasteiger partial charge in [-0.05, 0) is 43.2 Å². The van der Waals surface area contributed by atoms with Gasteiger partial charge in [0.1, 0.15) is 5.76 Å². The number of aromatic amines is 1. The molecule has 4 aromatic rings. The Morgan fingerprint density at radius 3 is 2.94 bits per heavy atom. The number of aromatic nitrogens is 2. The molecule has 0 spiro atoms. The van der Waals surface area contributed by atoms with E-state index < -0.39 is 5.76 Å². The quantitative estimate of drug-likeness (QED) is 0.512. The number of benzene rings is 2. The Morgan fingerprint density at radius 2 is 2.10 bits per heavy atom. The molecule has 0 fully saturated rings. The molecular formula is C23H20N4O4. The number of hydrogen-bond acceptors (Lipinski definition) is 6. The van der Waals surface area contributed by atoms with Gasteiger partial charge in [0.2, 0.25) is 0 Å². The van der Waals surface area contributed by atoms with Crippen LogP contribution in [0.3, 0.4) is 0 Å². The lowest BCUT2D eigenvalue weighted by molar-refractivity contribution is 0.102. The molecule has 0 bridgehead atoms. The number of H-pyrrole nitrogens is 1. The van der Waals surface area contributed by atoms with Crippen molar-refractivity contribution >= 4 is 17.3 Å². The molecule has 2 aromatic heterocycles. The van der Waals surface area contributed by atoms with Gasteiger partial charge in [-0.25, -0.2) is 4.79 Å². The Bertz CT molecular complexity index is 1300. The molecule has 1 unspecified atom stereocenters. The van der Waals surface area contributed by atoms with Crippen molar-refractivity contribution in [3.63, 3.8) is 0 Å². The molecule has 1 aliphatic heterocycles. The van der Waals surface area contributed by atoms with Crippen LogP contribution in [-0.4, -0.2) is 22.1 Å². The SMILES string of the molecule is CC1Cc2ccccc2N1Cc1occc1C(=O)Nc1cccc(-c2noc(=O)[nH]2)c1. The maximum Gasteiger partial charge on any atom is 0.439 e. The molecule has 5 rings (SSSR count). The van der Waals surface area contributed by atoms with Crippen LogP contribution in [0.5, 0.6) is 0 Å². The first-order valence-electron chi connectivity index (χ1n) is 9.97. The summed E-state index contributed by atoms with van der Waals surface area (Å²) in [6.45, 7) is 2.68. The molecule has 2 aromatic carbocycles. The molecule has 1 atom stereocenters. The molecule has 2 N–H and O–H groups in total. The average Bonchev–Trinajstić information content (AvgIpc) is 3.48. The molecule has 0 aliphatic carbocycles. The summed E-state index contributed by atoms with van der Waals surface area (Å²) in [5, 5.41) is 6.57. The van der Waals surface area contributed by atoms with Gasteiger partial charge in [-0.3, -0.25) is 14.3 Å². The number of para-hydroxylation sites is 1. The Hall–Kier alpha value is -4.07. The maximum atomic E-state index is 13.0. The Morgan fingerprint density at radius 1 is 1.23 bits per heavy atom. The van der Waals surface area contributed by atoms with E-state index in [0.717, 1.165) is 6.42 Å². The summed E-state index contributed by atoms with van der Waals surface area (Å²) in [7, 11) is 0. The van der Waals surface area contributed by atoms with Crippen LogP contribution in [0.1, 0.15) is 28.6 Å². The number of fused-ring (bicyclic) bond motifs is 1. The Labute approximate surface area is 177 Å². The van der Waals surface area contributed by atoms with Gasteiger partial charge in [0.15, 0.2) is 5.82 Å². The summed E-state index contributed by atoms with van der Waals surface area (Å²) in [6, 6.07) is 17.3. The first-order chi connectivity index (χ1) is 15.1. The fourth-order valence-corrected chi connectivity index (χ4v) is 3.99. The normalized spacial score (nSPS) is 15.1. The number of hydrogen-bond donors (Lipinski definition) is 2. The van der Waals surface area contributed by atoms with Crippen LogP contribution in [0.15, 0.2) is 74.6 Å². The van der Waals surface area contributed by atoms with Crippen LogP contribution in [-0.2, 0) is 13.0 Å². The second-order valence-electron chi connectivity index (χ2n) is 7.55. The van der Waals surface area contributed by atoms with Crippen LogP contribution >= 0.6 is 0 Å². The molecule has 0 saturated heterocycles. The van der Waals surface area contributed by atoms with Gasteiger partial charge >= 0.3 is 5.76 Å². The summed E-state index contributed by atoms with van der Waals surface area (Å²) < 4.78 is 10.2. The van der Waals surface area contributed by atoms with Crippen LogP contribution < -0.4 is 16.0 Å². The third-order valence-corrected chi connectivity index (χ3v) is 5.49. The Kier molecular flexibility index (Phi) is 4.66. The van der Waals surface area contributed by atoms with Gasteiger partial charge in [-0.1, -0.05) is 35.5 Å². The van der Waals surface area contributed by atoms with Crippen LogP contribution in [0.25, 0.3) is 11.4 Å². The summed E-state index contributed by atoms with van der Waals surface area (Å²) in [5.41, 5.74) is 4.15. The lowest BCUT2D eigenvalue weighted by atomic mass is 10.1. The third kappa shape index (κ3) is 3.63. The smallest absolute Gasteiger partial charge is 0.439 e. The van der Waals surface area contributed by atoms with E-state index in [9.17, 15) is 9.59 Å². The van der Waals surface area contributed by atoms with E-state index in [1.54, 1.807) is 30.3 Å². The van der Waals surface area contributed by atoms with Crippen molar-refractivity contribution in [2.24, 2.45) is 0 Å². The lowest BCUT2D eigenvalue weighted by Crippen LogP contribution is -2.29. The van der Waals surface area contributed by atoms with E-state index >= 15 is 0 Å². The van der Waals surface area contributed by atoms with Crippen molar-refractivity contribution in [3.8, 4) is 11.4 Å². The molecule has 1 amide bonds. The van der Waals surface area contributed by atoms with Crippen molar-refractivity contribution in [1.82, 2.24) is 10.1 Å². The number of carbonyl (C=O) groups is 1. The molecule has 31 heavy (non-hydrogen) atoms. The highest BCUT2D eigenvalue weighted by molar-refractivity contribution is 6.05. The van der Waals surface area contributed by atoms with E-state index in [4.69, 9.17) is 4.42 Å². The van der Waals surface area contributed by atoms with Gasteiger partial charge in [0.05, 0.1) is 18.4 Å². The van der Waals surface area contributed by atoms with E-state index in [1.165, 1.54) is 17.5 Å². The highest BCUT2D eigenvalue weighted by Crippen LogP contribution is 2.33. The zero-order valence-corrected chi connectivity index (χ0v) is 16.8. The second-order valence-corrected chi connectivity index (χ2v) is 7.55. The largest absolute Gasteiger partial charge is 0.467 e. The number of furan rings is 1. The van der Waals surface area contributed by atoms with Crippen molar-refractivity contribution in [2.75, 3.05) is 10.2 Å². The topological polar surface area (TPSA) is 104 Å². The van der Waals surface area contributed by atoms with Gasteiger partial charge in [-0.2, -0.15) is 0 Å². The number of nitrogens with one attached hydrogen (secondary N) is 2. The van der Waals surface area contributed by atoms with Crippen LogP contribution in [0.2, 0.25) is 0 Å². The number of amides is 1. The van der Waals surface area contributed by atoms with E-state index in [2.05, 4.69) is 43.9 Å². The van der Waals surface area contributed by atoms with Crippen molar-refractivity contribution in [1.29, 1.82) is 0 Å². The summed E-state index contributed by atoms with van der Waals surface area (Å²) in [4.78, 5) is 28.9. The van der Waals surface area contributed by atoms with E-state index in [1.807, 2.05) is 12.1 Å². The number of rotatable bonds is 5. The minimum atomic E-state index is -0.634. The third-order valence-electron chi connectivity index (χ3n) is 5.49. The van der Waals surface area contributed by atoms with Crippen LogP contribution in [0.4, 0.5) is 11.4 Å². The summed E-state index contributed by atoms with van der Waals surface area (Å²) in [5.74, 6) is 0.00435. The zero-order valence-electron chi connectivity index (χ0n) is 16.8. The molecule has 156 valence electrons. The molecular weight excluding hydrogens is 396 g/mol. The first-order valence-corrected chi connectivity index (χ1v) is 9.97. The van der Waals surface area contributed by atoms with Crippen LogP contribution in [0, 0.1) is 0 Å². The monoisotopic (exact) mass is 416 g/mol. The zero-order chi connectivity index (χ0) is 21.4. The molecule has 0 radical (unpaired) electrons. The van der Waals surface area contributed by atoms with Gasteiger partial charge in [-0.15, -0.1) is 0 Å². The minimum absolute atomic E-state index is 0.269. The van der Waals surface area contributed by atoms with Gasteiger partial charge < -0.3 is 14.6 Å². The summed E-state index contributed by atoms with van der Waals surface area (Å²) >= 11 is 0. The van der Waals surface area contributed by atoms with Gasteiger partial charge in [0, 0.05) is 23.0 Å². The first kappa shape index (κ1) is 18.9. The standard InChI is InChI=1S/C23H20N4O4/c1-14-11-15-5-2-3-8-19(15)27(14)13-20-18(9-10-30-20)22(28)24-17-7-4-6-16(12-17)21-25-23(29)31-26-21/h2-10,12,14H,11,13H2,1H3,(H,24,28)(H,25,26,29). The van der Waals surface area contributed by atoms with Gasteiger partial charge in [0.25, 0.3) is 5.91 Å². The number of carbonyl (C=O) groups excluding carboxylic acids is 1. The van der Waals surface area contributed by atoms with Crippen molar-refractivity contribution in [2.45, 2.75) is 25.9 Å². The van der Waals surface area contributed by atoms with Crippen molar-refractivity contribution in [3.05, 3.63) is 88.3 Å². The number of anilines is 2. The predicted octanol–water partition coefficient (Wildman–Crippen LogP) is 3.83. The molecule has 3 heterocycles. The lowest BCUT2D eigenvalue weighted by Gasteiger charge is -2.24. The second kappa shape index (κ2) is 7.64. The molecule has 8 heteroatoms. The number of nitrogens with zero attached hydrogens (tertiary/aromatic N) is 2. The predicted molar refractivity (Wildman–Crippen MR) is 115 cm³/mol. The molecule has 8 nitrogen and oxygen atoms in total. The highest BCUT2D eigenvalue weighted by atomic mass is 16.5. The fourth-order valence-electron chi connectivity index (χ4n) is 3.99. The van der Waals surface area contributed by atoms with Crippen molar-refractivity contribution < 1.29 is 13.7 Å². The van der Waals surface area contributed by atoms with E-state index in [-0.39, 0.29) is 5.91 Å². The highest BCUT2D eigenvalue weighted by Gasteiger charge is 2.28. The maximum absolute atomic E-state index is 13.0. The Balaban J connectivity index is 1.35. The average molecular weight is 416 g/mol. The molecule has 1 aliphatic rings. The summed E-state index contributed by atoms with van der Waals surface area (Å²) in [6.07, 6.45) is 2.50. The molecule has 0 saturated carbocycles. The fraction of sp³-hybridized carbons (Fsp3) is 0.174.